The molecule has 0 spiro atoms. The number of carbonyl (C=O) groups is 1. The summed E-state index contributed by atoms with van der Waals surface area (Å²) in [6.45, 7) is 1.73. The highest BCUT2D eigenvalue weighted by Gasteiger charge is 2.22. The lowest BCUT2D eigenvalue weighted by atomic mass is 10.0. The van der Waals surface area contributed by atoms with E-state index in [2.05, 4.69) is 5.32 Å². The normalized spacial score (nSPS) is 15.7. The van der Waals surface area contributed by atoms with Gasteiger partial charge in [0.2, 0.25) is 0 Å². The number of hydrogen-bond acceptors (Lipinski definition) is 5. The van der Waals surface area contributed by atoms with Crippen LogP contribution in [-0.2, 0) is 4.74 Å². The Bertz CT molecular complexity index is 558. The van der Waals surface area contributed by atoms with Crippen LogP contribution in [0.15, 0.2) is 12.1 Å². The van der Waals surface area contributed by atoms with Gasteiger partial charge in [-0.05, 0) is 24.8 Å². The maximum atomic E-state index is 13.5. The summed E-state index contributed by atoms with van der Waals surface area (Å²) in [5.74, 6) is -2.29. The van der Waals surface area contributed by atoms with Gasteiger partial charge in [0.1, 0.15) is 11.5 Å². The van der Waals surface area contributed by atoms with Crippen LogP contribution in [0.4, 0.5) is 15.8 Å². The number of nitro benzene ring substituents is 1. The minimum Gasteiger partial charge on any atom is -0.478 e. The Morgan fingerprint density at radius 1 is 1.48 bits per heavy atom. The molecule has 2 N–H and O–H groups in total. The number of nitro groups is 1. The molecule has 1 saturated heterocycles. The van der Waals surface area contributed by atoms with Gasteiger partial charge in [-0.1, -0.05) is 0 Å². The smallest absolute Gasteiger partial charge is 0.338 e. The summed E-state index contributed by atoms with van der Waals surface area (Å²) >= 11 is 0. The molecule has 0 bridgehead atoms. The van der Waals surface area contributed by atoms with Gasteiger partial charge in [-0.2, -0.15) is 0 Å². The number of benzene rings is 1. The predicted octanol–water partition coefficient (Wildman–Crippen LogP) is 2.27. The average Bonchev–Trinajstić information content (AvgIpc) is 2.46. The van der Waals surface area contributed by atoms with E-state index < -0.39 is 28.0 Å². The Morgan fingerprint density at radius 3 is 2.71 bits per heavy atom. The molecule has 1 aromatic carbocycles. The summed E-state index contributed by atoms with van der Waals surface area (Å²) in [6, 6.07) is 1.60. The fourth-order valence-electron chi connectivity index (χ4n) is 2.22. The summed E-state index contributed by atoms with van der Waals surface area (Å²) in [4.78, 5) is 21.1. The third kappa shape index (κ3) is 3.66. The van der Waals surface area contributed by atoms with E-state index >= 15 is 0 Å². The number of carboxylic acids is 1. The van der Waals surface area contributed by atoms with Crippen LogP contribution in [0.25, 0.3) is 0 Å². The zero-order valence-corrected chi connectivity index (χ0v) is 11.2. The van der Waals surface area contributed by atoms with Crippen LogP contribution < -0.4 is 5.32 Å². The van der Waals surface area contributed by atoms with Gasteiger partial charge < -0.3 is 15.2 Å². The van der Waals surface area contributed by atoms with E-state index in [1.807, 2.05) is 0 Å². The van der Waals surface area contributed by atoms with Crippen LogP contribution >= 0.6 is 0 Å². The van der Waals surface area contributed by atoms with Crippen molar-refractivity contribution in [3.05, 3.63) is 33.6 Å². The maximum Gasteiger partial charge on any atom is 0.338 e. The molecule has 1 fully saturated rings. The molecule has 7 nitrogen and oxygen atoms in total. The third-order valence-electron chi connectivity index (χ3n) is 3.43. The second kappa shape index (κ2) is 6.49. The predicted molar refractivity (Wildman–Crippen MR) is 72.0 cm³/mol. The molecule has 0 aromatic heterocycles. The molecular formula is C13H15FN2O5. The fraction of sp³-hybridized carbons (Fsp3) is 0.462. The van der Waals surface area contributed by atoms with Crippen LogP contribution in [-0.4, -0.2) is 35.8 Å². The van der Waals surface area contributed by atoms with Gasteiger partial charge in [-0.25, -0.2) is 9.18 Å². The van der Waals surface area contributed by atoms with Crippen molar-refractivity contribution < 1.29 is 24.0 Å². The van der Waals surface area contributed by atoms with E-state index in [4.69, 9.17) is 9.84 Å². The van der Waals surface area contributed by atoms with Gasteiger partial charge in [-0.15, -0.1) is 0 Å². The number of nitrogens with one attached hydrogen (secondary N) is 1. The maximum absolute atomic E-state index is 13.5. The highest BCUT2D eigenvalue weighted by atomic mass is 19.1. The zero-order chi connectivity index (χ0) is 15.4. The number of rotatable bonds is 5. The van der Waals surface area contributed by atoms with Crippen molar-refractivity contribution in [2.45, 2.75) is 12.8 Å². The molecule has 0 atom stereocenters. The number of aromatic carboxylic acids is 1. The van der Waals surface area contributed by atoms with E-state index in [0.29, 0.717) is 25.8 Å². The van der Waals surface area contributed by atoms with Gasteiger partial charge in [0, 0.05) is 19.8 Å². The van der Waals surface area contributed by atoms with Crippen molar-refractivity contribution in [2.24, 2.45) is 5.92 Å². The Hall–Kier alpha value is -2.22. The van der Waals surface area contributed by atoms with E-state index in [1.54, 1.807) is 0 Å². The molecule has 2 rings (SSSR count). The summed E-state index contributed by atoms with van der Waals surface area (Å²) < 4.78 is 18.7. The number of halogens is 1. The van der Waals surface area contributed by atoms with Crippen LogP contribution in [0.1, 0.15) is 23.2 Å². The fourth-order valence-corrected chi connectivity index (χ4v) is 2.22. The molecule has 1 aliphatic heterocycles. The highest BCUT2D eigenvalue weighted by molar-refractivity contribution is 5.90. The third-order valence-corrected chi connectivity index (χ3v) is 3.43. The molecule has 8 heteroatoms. The van der Waals surface area contributed by atoms with Gasteiger partial charge in [-0.3, -0.25) is 10.1 Å². The molecular weight excluding hydrogens is 283 g/mol. The van der Waals surface area contributed by atoms with E-state index in [9.17, 15) is 19.3 Å². The Kier molecular flexibility index (Phi) is 4.69. The summed E-state index contributed by atoms with van der Waals surface area (Å²) in [5.41, 5.74) is -1.04. The molecule has 1 aromatic rings. The molecule has 21 heavy (non-hydrogen) atoms. The molecule has 0 amide bonds. The first-order valence-electron chi connectivity index (χ1n) is 6.52. The molecule has 0 saturated carbocycles. The first-order chi connectivity index (χ1) is 9.99. The van der Waals surface area contributed by atoms with Crippen LogP contribution in [0.2, 0.25) is 0 Å². The number of hydrogen-bond donors (Lipinski definition) is 2. The van der Waals surface area contributed by atoms with Gasteiger partial charge >= 0.3 is 5.97 Å². The van der Waals surface area contributed by atoms with E-state index in [-0.39, 0.29) is 11.6 Å². The van der Waals surface area contributed by atoms with Gasteiger partial charge in [0.05, 0.1) is 16.6 Å². The van der Waals surface area contributed by atoms with Crippen molar-refractivity contribution in [1.29, 1.82) is 0 Å². The molecule has 0 unspecified atom stereocenters. The summed E-state index contributed by atoms with van der Waals surface area (Å²) in [5, 5.41) is 22.7. The first kappa shape index (κ1) is 15.2. The van der Waals surface area contributed by atoms with Crippen LogP contribution in [0, 0.1) is 21.8 Å². The second-order valence-electron chi connectivity index (χ2n) is 4.85. The zero-order valence-electron chi connectivity index (χ0n) is 11.2. The molecule has 114 valence electrons. The van der Waals surface area contributed by atoms with Gasteiger partial charge in [0.15, 0.2) is 0 Å². The van der Waals surface area contributed by atoms with Crippen LogP contribution in [0.3, 0.4) is 0 Å². The second-order valence-corrected chi connectivity index (χ2v) is 4.85. The average molecular weight is 298 g/mol. The van der Waals surface area contributed by atoms with E-state index in [0.717, 1.165) is 18.9 Å². The molecule has 0 aliphatic carbocycles. The summed E-state index contributed by atoms with van der Waals surface area (Å²) in [7, 11) is 0. The quantitative estimate of drug-likeness (QED) is 0.638. The minimum absolute atomic E-state index is 0.0188. The monoisotopic (exact) mass is 298 g/mol. The number of nitrogens with zero attached hydrogens (tertiary/aromatic N) is 1. The van der Waals surface area contributed by atoms with Gasteiger partial charge in [0.25, 0.3) is 5.69 Å². The van der Waals surface area contributed by atoms with Crippen molar-refractivity contribution in [2.75, 3.05) is 25.1 Å². The van der Waals surface area contributed by atoms with Crippen molar-refractivity contribution in [3.8, 4) is 0 Å². The van der Waals surface area contributed by atoms with Crippen molar-refractivity contribution in [3.63, 3.8) is 0 Å². The lowest BCUT2D eigenvalue weighted by Gasteiger charge is -2.22. The number of anilines is 1. The van der Waals surface area contributed by atoms with E-state index in [1.165, 1.54) is 0 Å². The molecule has 1 heterocycles. The number of ether oxygens (including phenoxy) is 1. The molecule has 1 aliphatic rings. The molecule has 0 radical (unpaired) electrons. The Labute approximate surface area is 119 Å². The minimum atomic E-state index is -1.46. The highest BCUT2D eigenvalue weighted by Crippen LogP contribution is 2.28. The standard InChI is InChI=1S/C13H15FN2O5/c14-10-6-12(16(19)20)11(5-9(10)13(17)18)15-7-8-1-3-21-4-2-8/h5-6,8,15H,1-4,7H2,(H,17,18). The lowest BCUT2D eigenvalue weighted by molar-refractivity contribution is -0.384. The topological polar surface area (TPSA) is 102 Å². The van der Waals surface area contributed by atoms with Crippen LogP contribution in [0.5, 0.6) is 0 Å². The number of carboxylic acid groups (broad SMARTS) is 1. The van der Waals surface area contributed by atoms with Crippen molar-refractivity contribution >= 4 is 17.3 Å². The SMILES string of the molecule is O=C(O)c1cc(NCC2CCOCC2)c([N+](=O)[O-])cc1F. The lowest BCUT2D eigenvalue weighted by Crippen LogP contribution is -2.23. The Balaban J connectivity index is 2.20. The largest absolute Gasteiger partial charge is 0.478 e. The summed E-state index contributed by atoms with van der Waals surface area (Å²) in [6.07, 6.45) is 1.65. The Morgan fingerprint density at radius 2 is 2.14 bits per heavy atom. The van der Waals surface area contributed by atoms with Crippen molar-refractivity contribution in [1.82, 2.24) is 0 Å². The first-order valence-corrected chi connectivity index (χ1v) is 6.52.